The van der Waals surface area contributed by atoms with E-state index in [1.54, 1.807) is 13.1 Å². The van der Waals surface area contributed by atoms with Crippen molar-refractivity contribution >= 4 is 68.9 Å². The van der Waals surface area contributed by atoms with Gasteiger partial charge in [0.2, 0.25) is 0 Å². The van der Waals surface area contributed by atoms with E-state index in [0.717, 1.165) is 11.4 Å². The Morgan fingerprint density at radius 3 is 2.69 bits per heavy atom. The summed E-state index contributed by atoms with van der Waals surface area (Å²) in [6.07, 6.45) is 0. The molecular formula is C8H6Cl2N4S2. The number of hydrogen-bond acceptors (Lipinski definition) is 3. The second-order valence-electron chi connectivity index (χ2n) is 2.88. The van der Waals surface area contributed by atoms with E-state index in [2.05, 4.69) is 19.4 Å². The van der Waals surface area contributed by atoms with Crippen molar-refractivity contribution in [3.05, 3.63) is 16.1 Å². The summed E-state index contributed by atoms with van der Waals surface area (Å²) >= 11 is 18.1. The predicted octanol–water partition coefficient (Wildman–Crippen LogP) is 3.64. The van der Waals surface area contributed by atoms with E-state index in [0.29, 0.717) is 32.2 Å². The van der Waals surface area contributed by atoms with Crippen LogP contribution in [-0.2, 0) is 11.4 Å². The lowest BCUT2D eigenvalue weighted by Crippen LogP contribution is -2.24. The van der Waals surface area contributed by atoms with Crippen molar-refractivity contribution in [2.24, 2.45) is 8.73 Å². The average molecular weight is 293 g/mol. The molecule has 84 valence electrons. The molecule has 1 aromatic rings. The van der Waals surface area contributed by atoms with Gasteiger partial charge in [0.25, 0.3) is 0 Å². The monoisotopic (exact) mass is 292 g/mol. The molecule has 0 spiro atoms. The molecule has 8 heteroatoms. The number of anilines is 1. The maximum absolute atomic E-state index is 6.07. The van der Waals surface area contributed by atoms with Gasteiger partial charge in [-0.3, -0.25) is 0 Å². The molecule has 0 aromatic heterocycles. The van der Waals surface area contributed by atoms with Crippen LogP contribution in [0.4, 0.5) is 17.1 Å². The number of halogens is 2. The normalized spacial score (nSPS) is 11.9. The van der Waals surface area contributed by atoms with E-state index in [1.807, 2.05) is 0 Å². The van der Waals surface area contributed by atoms with E-state index in [-0.39, 0.29) is 0 Å². The third-order valence-electron chi connectivity index (χ3n) is 1.91. The Bertz CT molecular complexity index is 537. The Morgan fingerprint density at radius 1 is 1.31 bits per heavy atom. The van der Waals surface area contributed by atoms with Crippen LogP contribution >= 0.6 is 35.4 Å². The van der Waals surface area contributed by atoms with Crippen LogP contribution in [0.2, 0.25) is 10.0 Å². The van der Waals surface area contributed by atoms with Crippen molar-refractivity contribution in [2.45, 2.75) is 0 Å². The summed E-state index contributed by atoms with van der Waals surface area (Å²) in [4.78, 5) is 0. The summed E-state index contributed by atoms with van der Waals surface area (Å²) < 4.78 is 8.23. The van der Waals surface area contributed by atoms with Gasteiger partial charge >= 0.3 is 0 Å². The van der Waals surface area contributed by atoms with Crippen molar-refractivity contribution < 1.29 is 0 Å². The van der Waals surface area contributed by atoms with Crippen LogP contribution in [0.5, 0.6) is 0 Å². The maximum atomic E-state index is 6.07. The number of nitrogens with one attached hydrogen (secondary N) is 2. The van der Waals surface area contributed by atoms with E-state index >= 15 is 0 Å². The standard InChI is InChI=1S/C8H6Cl2N4S2/c1-11-8(15)12-5-3(9)2-4(10)6-7(5)14-16-13-6/h2H,1H3,(H2,11,12,15). The van der Waals surface area contributed by atoms with Gasteiger partial charge in [0.15, 0.2) is 5.11 Å². The Balaban J connectivity index is 2.50. The second kappa shape index (κ2) is 4.67. The minimum Gasteiger partial charge on any atom is -0.366 e. The van der Waals surface area contributed by atoms with Gasteiger partial charge in [-0.1, -0.05) is 23.2 Å². The summed E-state index contributed by atoms with van der Waals surface area (Å²) in [5, 5.41) is 7.15. The minimum atomic E-state index is 0.457. The first kappa shape index (κ1) is 11.8. The highest BCUT2D eigenvalue weighted by atomic mass is 35.5. The summed E-state index contributed by atoms with van der Waals surface area (Å²) in [5.41, 5.74) is 1.87. The Labute approximate surface area is 111 Å². The van der Waals surface area contributed by atoms with Crippen molar-refractivity contribution in [3.8, 4) is 0 Å². The lowest BCUT2D eigenvalue weighted by atomic mass is 10.2. The molecule has 16 heavy (non-hydrogen) atoms. The number of fused-ring (bicyclic) bond motifs is 1. The fraction of sp³-hybridized carbons (Fsp3) is 0.125. The van der Waals surface area contributed by atoms with Gasteiger partial charge in [0, 0.05) is 7.05 Å². The smallest absolute Gasteiger partial charge is 0.170 e. The second-order valence-corrected chi connectivity index (χ2v) is 4.63. The first-order chi connectivity index (χ1) is 7.63. The predicted molar refractivity (Wildman–Crippen MR) is 73.3 cm³/mol. The van der Waals surface area contributed by atoms with Crippen molar-refractivity contribution in [3.63, 3.8) is 0 Å². The molecule has 0 aliphatic carbocycles. The molecule has 2 N–H and O–H groups in total. The van der Waals surface area contributed by atoms with E-state index in [4.69, 9.17) is 35.4 Å². The lowest BCUT2D eigenvalue weighted by molar-refractivity contribution is 1.20. The molecule has 1 aliphatic rings. The molecule has 1 aromatic carbocycles. The van der Waals surface area contributed by atoms with Crippen LogP contribution in [0.25, 0.3) is 0 Å². The highest BCUT2D eigenvalue weighted by Gasteiger charge is 2.18. The van der Waals surface area contributed by atoms with Gasteiger partial charge in [0.05, 0.1) is 27.1 Å². The van der Waals surface area contributed by atoms with Crippen molar-refractivity contribution in [1.29, 1.82) is 0 Å². The lowest BCUT2D eigenvalue weighted by Gasteiger charge is -2.12. The number of rotatable bonds is 1. The van der Waals surface area contributed by atoms with Gasteiger partial charge < -0.3 is 10.6 Å². The average Bonchev–Trinajstić information content (AvgIpc) is 2.73. The van der Waals surface area contributed by atoms with Gasteiger partial charge in [-0.25, -0.2) is 0 Å². The first-order valence-corrected chi connectivity index (χ1v) is 6.12. The van der Waals surface area contributed by atoms with Crippen LogP contribution in [0, 0.1) is 0 Å². The van der Waals surface area contributed by atoms with E-state index in [9.17, 15) is 0 Å². The maximum Gasteiger partial charge on any atom is 0.170 e. The summed E-state index contributed by atoms with van der Waals surface area (Å²) in [5.74, 6) is 0. The van der Waals surface area contributed by atoms with Gasteiger partial charge in [-0.15, -0.1) is 0 Å². The molecule has 0 atom stereocenters. The third-order valence-corrected chi connectivity index (χ3v) is 3.33. The van der Waals surface area contributed by atoms with Gasteiger partial charge in [0.1, 0.15) is 11.4 Å². The molecule has 0 saturated carbocycles. The van der Waals surface area contributed by atoms with Gasteiger partial charge in [-0.05, 0) is 18.3 Å². The summed E-state index contributed by atoms with van der Waals surface area (Å²) in [7, 11) is 1.72. The summed E-state index contributed by atoms with van der Waals surface area (Å²) in [6, 6.07) is 1.62. The SMILES string of the molecule is CNC(=S)Nc1c(Cl)cc(Cl)c2c1N=S=N2. The number of nitrogens with zero attached hydrogens (tertiary/aromatic N) is 2. The molecule has 2 rings (SSSR count). The Hall–Kier alpha value is -0.690. The van der Waals surface area contributed by atoms with Crippen LogP contribution in [0.1, 0.15) is 0 Å². The Morgan fingerprint density at radius 2 is 2.00 bits per heavy atom. The highest BCUT2D eigenvalue weighted by molar-refractivity contribution is 7.80. The molecule has 0 saturated heterocycles. The topological polar surface area (TPSA) is 48.8 Å². The van der Waals surface area contributed by atoms with Crippen LogP contribution < -0.4 is 10.6 Å². The fourth-order valence-corrected chi connectivity index (χ4v) is 2.43. The molecule has 0 unspecified atom stereocenters. The zero-order valence-corrected chi connectivity index (χ0v) is 11.2. The number of benzene rings is 1. The molecular weight excluding hydrogens is 287 g/mol. The van der Waals surface area contributed by atoms with Crippen molar-refractivity contribution in [2.75, 3.05) is 12.4 Å². The summed E-state index contributed by atoms with van der Waals surface area (Å²) in [6.45, 7) is 0. The zero-order valence-electron chi connectivity index (χ0n) is 8.04. The molecule has 4 nitrogen and oxygen atoms in total. The molecule has 1 aliphatic heterocycles. The van der Waals surface area contributed by atoms with Crippen LogP contribution in [0.3, 0.4) is 0 Å². The molecule has 0 fully saturated rings. The van der Waals surface area contributed by atoms with Gasteiger partial charge in [-0.2, -0.15) is 8.73 Å². The fourth-order valence-electron chi connectivity index (χ4n) is 1.17. The molecule has 0 bridgehead atoms. The Kier molecular flexibility index (Phi) is 3.44. The van der Waals surface area contributed by atoms with E-state index < -0.39 is 0 Å². The third kappa shape index (κ3) is 2.06. The number of hydrogen-bond donors (Lipinski definition) is 2. The number of thiocarbonyl (C=S) groups is 1. The van der Waals surface area contributed by atoms with Crippen LogP contribution in [-0.4, -0.2) is 12.2 Å². The van der Waals surface area contributed by atoms with Crippen LogP contribution in [0.15, 0.2) is 14.8 Å². The zero-order chi connectivity index (χ0) is 11.7. The van der Waals surface area contributed by atoms with E-state index in [1.165, 1.54) is 0 Å². The molecule has 0 radical (unpaired) electrons. The largest absolute Gasteiger partial charge is 0.366 e. The first-order valence-electron chi connectivity index (χ1n) is 4.22. The molecule has 0 amide bonds. The van der Waals surface area contributed by atoms with Crippen molar-refractivity contribution in [1.82, 2.24) is 5.32 Å². The molecule has 1 heterocycles. The highest BCUT2D eigenvalue weighted by Crippen LogP contribution is 2.47. The minimum absolute atomic E-state index is 0.457. The quantitative estimate of drug-likeness (QED) is 0.789.